The van der Waals surface area contributed by atoms with Crippen molar-refractivity contribution in [1.29, 1.82) is 0 Å². The molecule has 0 bridgehead atoms. The average Bonchev–Trinajstić information content (AvgIpc) is 3.48. The molecule has 0 aliphatic heterocycles. The van der Waals surface area contributed by atoms with Crippen LogP contribution in [0.4, 0.5) is 10.7 Å². The molecular weight excluding hydrogens is 380 g/mol. The van der Waals surface area contributed by atoms with Crippen molar-refractivity contribution in [2.75, 3.05) is 24.4 Å². The Morgan fingerprint density at radius 3 is 2.54 bits per heavy atom. The second kappa shape index (κ2) is 8.43. The molecule has 2 aromatic rings. The van der Waals surface area contributed by atoms with Crippen LogP contribution in [0.5, 0.6) is 5.75 Å². The maximum Gasteiger partial charge on any atom is 0.341 e. The lowest BCUT2D eigenvalue weighted by atomic mass is 10.1. The predicted octanol–water partition coefficient (Wildman–Crippen LogP) is 3.84. The number of benzene rings is 1. The molecule has 0 saturated heterocycles. The molecule has 0 spiro atoms. The van der Waals surface area contributed by atoms with Gasteiger partial charge in [0, 0.05) is 5.92 Å². The van der Waals surface area contributed by atoms with Crippen molar-refractivity contribution < 1.29 is 23.9 Å². The highest BCUT2D eigenvalue weighted by Crippen LogP contribution is 2.37. The molecule has 0 unspecified atom stereocenters. The Kier molecular flexibility index (Phi) is 5.99. The highest BCUT2D eigenvalue weighted by molar-refractivity contribution is 7.19. The van der Waals surface area contributed by atoms with Gasteiger partial charge in [0.25, 0.3) is 5.91 Å². The van der Waals surface area contributed by atoms with E-state index in [1.165, 1.54) is 7.11 Å². The monoisotopic (exact) mass is 402 g/mol. The van der Waals surface area contributed by atoms with Crippen LogP contribution in [-0.2, 0) is 9.53 Å². The fraction of sp³-hybridized carbons (Fsp3) is 0.350. The summed E-state index contributed by atoms with van der Waals surface area (Å²) in [5.74, 6) is -0.577. The maximum atomic E-state index is 12.9. The summed E-state index contributed by atoms with van der Waals surface area (Å²) in [5, 5.41) is 5.93. The Morgan fingerprint density at radius 1 is 1.18 bits per heavy atom. The average molecular weight is 402 g/mol. The number of carbonyl (C=O) groups is 3. The molecule has 28 heavy (non-hydrogen) atoms. The fourth-order valence-electron chi connectivity index (χ4n) is 2.76. The van der Waals surface area contributed by atoms with Crippen molar-refractivity contribution >= 4 is 39.8 Å². The molecule has 1 aromatic carbocycles. The Labute approximate surface area is 167 Å². The molecule has 1 aliphatic rings. The van der Waals surface area contributed by atoms with E-state index in [2.05, 4.69) is 10.6 Å². The van der Waals surface area contributed by atoms with E-state index in [0.717, 1.165) is 24.2 Å². The number of methoxy groups -OCH3 is 1. The molecule has 2 N–H and O–H groups in total. The number of carbonyl (C=O) groups excluding carboxylic acids is 3. The zero-order valence-corrected chi connectivity index (χ0v) is 16.8. The van der Waals surface area contributed by atoms with Crippen LogP contribution in [0.1, 0.15) is 45.4 Å². The minimum atomic E-state index is -0.589. The van der Waals surface area contributed by atoms with E-state index in [1.54, 1.807) is 25.1 Å². The zero-order valence-electron chi connectivity index (χ0n) is 16.0. The van der Waals surface area contributed by atoms with Crippen LogP contribution in [0.2, 0.25) is 0 Å². The molecule has 1 heterocycles. The fourth-order valence-corrected chi connectivity index (χ4v) is 3.85. The molecule has 8 heteroatoms. The van der Waals surface area contributed by atoms with E-state index in [9.17, 15) is 14.4 Å². The van der Waals surface area contributed by atoms with Crippen molar-refractivity contribution in [2.24, 2.45) is 5.92 Å². The molecule has 3 rings (SSSR count). The Bertz CT molecular complexity index is 917. The third kappa shape index (κ3) is 4.17. The predicted molar refractivity (Wildman–Crippen MR) is 107 cm³/mol. The second-order valence-electron chi connectivity index (χ2n) is 6.40. The van der Waals surface area contributed by atoms with Gasteiger partial charge in [0.05, 0.1) is 29.8 Å². The summed E-state index contributed by atoms with van der Waals surface area (Å²) in [6.45, 7) is 3.99. The number of anilines is 2. The van der Waals surface area contributed by atoms with Crippen molar-refractivity contribution in [2.45, 2.75) is 26.7 Å². The maximum absolute atomic E-state index is 12.9. The number of nitrogens with one attached hydrogen (secondary N) is 2. The van der Waals surface area contributed by atoms with Crippen LogP contribution >= 0.6 is 11.3 Å². The van der Waals surface area contributed by atoms with Gasteiger partial charge in [-0.05, 0) is 44.4 Å². The van der Waals surface area contributed by atoms with E-state index in [-0.39, 0.29) is 23.3 Å². The number of rotatable bonds is 7. The van der Waals surface area contributed by atoms with Gasteiger partial charge in [0.1, 0.15) is 10.8 Å². The van der Waals surface area contributed by atoms with Crippen LogP contribution in [0, 0.1) is 12.8 Å². The lowest BCUT2D eigenvalue weighted by molar-refractivity contribution is -0.117. The summed E-state index contributed by atoms with van der Waals surface area (Å²) in [6, 6.07) is 7.11. The summed E-state index contributed by atoms with van der Waals surface area (Å²) in [6.07, 6.45) is 1.68. The number of amides is 2. The first-order valence-corrected chi connectivity index (χ1v) is 9.83. The summed E-state index contributed by atoms with van der Waals surface area (Å²) in [5.41, 5.74) is 1.21. The molecule has 1 aromatic heterocycles. The SMILES string of the molecule is CCOc1ccccc1NC(=O)c1sc(NC(=O)C2CC2)c(C(=O)OC)c1C. The van der Waals surface area contributed by atoms with Gasteiger partial charge in [0.2, 0.25) is 5.91 Å². The number of ether oxygens (including phenoxy) is 2. The summed E-state index contributed by atoms with van der Waals surface area (Å²) < 4.78 is 10.4. The summed E-state index contributed by atoms with van der Waals surface area (Å²) in [4.78, 5) is 37.6. The number of thiophene rings is 1. The minimum absolute atomic E-state index is 0.0248. The minimum Gasteiger partial charge on any atom is -0.492 e. The molecule has 148 valence electrons. The third-order valence-electron chi connectivity index (χ3n) is 4.36. The summed E-state index contributed by atoms with van der Waals surface area (Å²) in [7, 11) is 1.27. The van der Waals surface area contributed by atoms with Crippen molar-refractivity contribution in [3.05, 3.63) is 40.3 Å². The van der Waals surface area contributed by atoms with Crippen molar-refractivity contribution in [1.82, 2.24) is 0 Å². The normalized spacial score (nSPS) is 13.0. The van der Waals surface area contributed by atoms with Crippen LogP contribution in [0.3, 0.4) is 0 Å². The van der Waals surface area contributed by atoms with E-state index >= 15 is 0 Å². The van der Waals surface area contributed by atoms with Crippen LogP contribution in [0.15, 0.2) is 24.3 Å². The topological polar surface area (TPSA) is 93.7 Å². The van der Waals surface area contributed by atoms with E-state index < -0.39 is 5.97 Å². The Balaban J connectivity index is 1.90. The van der Waals surface area contributed by atoms with Gasteiger partial charge < -0.3 is 20.1 Å². The molecular formula is C20H22N2O5S. The molecule has 1 saturated carbocycles. The number of hydrogen-bond acceptors (Lipinski definition) is 6. The first kappa shape index (κ1) is 19.9. The van der Waals surface area contributed by atoms with E-state index in [4.69, 9.17) is 9.47 Å². The van der Waals surface area contributed by atoms with Gasteiger partial charge in [-0.15, -0.1) is 11.3 Å². The molecule has 0 atom stereocenters. The lowest BCUT2D eigenvalue weighted by Gasteiger charge is -2.11. The third-order valence-corrected chi connectivity index (χ3v) is 5.57. The highest BCUT2D eigenvalue weighted by Gasteiger charge is 2.32. The zero-order chi connectivity index (χ0) is 20.3. The van der Waals surface area contributed by atoms with Gasteiger partial charge in [-0.2, -0.15) is 0 Å². The van der Waals surface area contributed by atoms with Gasteiger partial charge in [0.15, 0.2) is 0 Å². The van der Waals surface area contributed by atoms with Gasteiger partial charge in [-0.25, -0.2) is 4.79 Å². The van der Waals surface area contributed by atoms with Gasteiger partial charge in [-0.1, -0.05) is 12.1 Å². The number of para-hydroxylation sites is 2. The van der Waals surface area contributed by atoms with Crippen LogP contribution in [0.25, 0.3) is 0 Å². The largest absolute Gasteiger partial charge is 0.492 e. The second-order valence-corrected chi connectivity index (χ2v) is 7.42. The van der Waals surface area contributed by atoms with Crippen molar-refractivity contribution in [3.63, 3.8) is 0 Å². The number of hydrogen-bond donors (Lipinski definition) is 2. The van der Waals surface area contributed by atoms with E-state index in [0.29, 0.717) is 33.5 Å². The highest BCUT2D eigenvalue weighted by atomic mass is 32.1. The number of esters is 1. The first-order chi connectivity index (χ1) is 13.5. The van der Waals surface area contributed by atoms with Gasteiger partial charge in [-0.3, -0.25) is 9.59 Å². The smallest absolute Gasteiger partial charge is 0.341 e. The molecule has 7 nitrogen and oxygen atoms in total. The molecule has 1 aliphatic carbocycles. The summed E-state index contributed by atoms with van der Waals surface area (Å²) >= 11 is 1.06. The first-order valence-electron chi connectivity index (χ1n) is 9.02. The lowest BCUT2D eigenvalue weighted by Crippen LogP contribution is -2.15. The van der Waals surface area contributed by atoms with Crippen LogP contribution < -0.4 is 15.4 Å². The Hall–Kier alpha value is -2.87. The molecule has 2 amide bonds. The quantitative estimate of drug-likeness (QED) is 0.686. The standard InChI is InChI=1S/C20H22N2O5S/c1-4-27-14-8-6-5-7-13(14)21-18(24)16-11(2)15(20(25)26-3)19(28-16)22-17(23)12-9-10-12/h5-8,12H,4,9-10H2,1-3H3,(H,21,24)(H,22,23). The van der Waals surface area contributed by atoms with Crippen LogP contribution in [-0.4, -0.2) is 31.5 Å². The molecule has 0 radical (unpaired) electrons. The molecule has 1 fully saturated rings. The van der Waals surface area contributed by atoms with Crippen molar-refractivity contribution in [3.8, 4) is 5.75 Å². The van der Waals surface area contributed by atoms with E-state index in [1.807, 2.05) is 13.0 Å². The van der Waals surface area contributed by atoms with Gasteiger partial charge >= 0.3 is 5.97 Å². The Morgan fingerprint density at radius 2 is 1.89 bits per heavy atom.